The summed E-state index contributed by atoms with van der Waals surface area (Å²) in [6, 6.07) is 0. The Labute approximate surface area is 95.8 Å². The second-order valence-electron chi connectivity index (χ2n) is 3.50. The van der Waals surface area contributed by atoms with Crippen molar-refractivity contribution in [3.63, 3.8) is 0 Å². The predicted molar refractivity (Wildman–Crippen MR) is 60.1 cm³/mol. The van der Waals surface area contributed by atoms with Crippen LogP contribution in [-0.2, 0) is 9.59 Å². The molecule has 1 aromatic rings. The van der Waals surface area contributed by atoms with Gasteiger partial charge in [-0.25, -0.2) is 9.78 Å². The molecule has 0 spiro atoms. The van der Waals surface area contributed by atoms with E-state index in [0.29, 0.717) is 10.0 Å². The number of hydrogen-bond donors (Lipinski definition) is 2. The van der Waals surface area contributed by atoms with Crippen molar-refractivity contribution in [2.24, 2.45) is 5.92 Å². The van der Waals surface area contributed by atoms with E-state index in [1.807, 2.05) is 0 Å². The van der Waals surface area contributed by atoms with Crippen LogP contribution in [0.25, 0.3) is 6.08 Å². The maximum atomic E-state index is 11.4. The summed E-state index contributed by atoms with van der Waals surface area (Å²) in [4.78, 5) is 26.4. The first-order valence-electron chi connectivity index (χ1n) is 4.83. The predicted octanol–water partition coefficient (Wildman–Crippen LogP) is 1.59. The van der Waals surface area contributed by atoms with Gasteiger partial charge in [-0.1, -0.05) is 11.3 Å². The van der Waals surface area contributed by atoms with Gasteiger partial charge in [0, 0.05) is 23.1 Å². The lowest BCUT2D eigenvalue weighted by Gasteiger charge is -1.96. The number of carbonyl (C=O) groups excluding carboxylic acids is 1. The molecule has 5 nitrogen and oxygen atoms in total. The van der Waals surface area contributed by atoms with E-state index < -0.39 is 5.97 Å². The third-order valence-corrected chi connectivity index (χ3v) is 2.97. The van der Waals surface area contributed by atoms with Crippen LogP contribution in [0.3, 0.4) is 0 Å². The minimum absolute atomic E-state index is 0.00288. The van der Waals surface area contributed by atoms with Crippen molar-refractivity contribution < 1.29 is 14.7 Å². The molecule has 1 aliphatic rings. The highest BCUT2D eigenvalue weighted by Gasteiger charge is 2.29. The lowest BCUT2D eigenvalue weighted by Crippen LogP contribution is -2.12. The number of carbonyl (C=O) groups is 2. The number of carboxylic acid groups (broad SMARTS) is 1. The summed E-state index contributed by atoms with van der Waals surface area (Å²) in [5.74, 6) is -0.859. The van der Waals surface area contributed by atoms with Gasteiger partial charge in [0.15, 0.2) is 5.13 Å². The Morgan fingerprint density at radius 2 is 2.31 bits per heavy atom. The normalized spacial score (nSPS) is 15.2. The lowest BCUT2D eigenvalue weighted by atomic mass is 10.4. The maximum Gasteiger partial charge on any atom is 0.328 e. The quantitative estimate of drug-likeness (QED) is 0.781. The number of nitrogens with zero attached hydrogens (tertiary/aromatic N) is 1. The van der Waals surface area contributed by atoms with Crippen LogP contribution in [-0.4, -0.2) is 22.0 Å². The summed E-state index contributed by atoms with van der Waals surface area (Å²) in [5, 5.41) is 11.7. The van der Waals surface area contributed by atoms with Crippen molar-refractivity contribution in [1.29, 1.82) is 0 Å². The molecule has 0 unspecified atom stereocenters. The Hall–Kier alpha value is -1.69. The van der Waals surface area contributed by atoms with Crippen LogP contribution in [0, 0.1) is 5.92 Å². The molecule has 0 radical (unpaired) electrons. The van der Waals surface area contributed by atoms with Crippen molar-refractivity contribution in [2.75, 3.05) is 5.32 Å². The highest BCUT2D eigenvalue weighted by atomic mass is 32.1. The number of amides is 1. The van der Waals surface area contributed by atoms with Gasteiger partial charge in [-0.3, -0.25) is 4.79 Å². The van der Waals surface area contributed by atoms with Crippen LogP contribution in [0.4, 0.5) is 5.13 Å². The maximum absolute atomic E-state index is 11.4. The van der Waals surface area contributed by atoms with Crippen molar-refractivity contribution in [3.8, 4) is 0 Å². The zero-order chi connectivity index (χ0) is 11.5. The summed E-state index contributed by atoms with van der Waals surface area (Å²) >= 11 is 1.26. The van der Waals surface area contributed by atoms with Crippen LogP contribution >= 0.6 is 11.3 Å². The van der Waals surface area contributed by atoms with Crippen LogP contribution in [0.1, 0.15) is 17.7 Å². The van der Waals surface area contributed by atoms with Crippen LogP contribution in [0.15, 0.2) is 12.3 Å². The number of rotatable bonds is 4. The first kappa shape index (κ1) is 10.8. The van der Waals surface area contributed by atoms with Crippen molar-refractivity contribution >= 4 is 34.4 Å². The fourth-order valence-corrected chi connectivity index (χ4v) is 1.85. The van der Waals surface area contributed by atoms with Crippen molar-refractivity contribution in [3.05, 3.63) is 17.2 Å². The van der Waals surface area contributed by atoms with E-state index in [1.165, 1.54) is 23.6 Å². The molecule has 0 saturated heterocycles. The number of nitrogens with one attached hydrogen (secondary N) is 1. The zero-order valence-electron chi connectivity index (χ0n) is 8.34. The fourth-order valence-electron chi connectivity index (χ4n) is 1.13. The Morgan fingerprint density at radius 3 is 2.94 bits per heavy atom. The molecule has 0 aromatic carbocycles. The number of hydrogen-bond acceptors (Lipinski definition) is 4. The van der Waals surface area contributed by atoms with Gasteiger partial charge >= 0.3 is 5.97 Å². The largest absolute Gasteiger partial charge is 0.478 e. The van der Waals surface area contributed by atoms with Crippen molar-refractivity contribution in [1.82, 2.24) is 4.98 Å². The van der Waals surface area contributed by atoms with E-state index >= 15 is 0 Å². The number of thiazole rings is 1. The molecule has 2 rings (SSSR count). The zero-order valence-corrected chi connectivity index (χ0v) is 9.16. The van der Waals surface area contributed by atoms with Gasteiger partial charge in [-0.15, -0.1) is 0 Å². The minimum atomic E-state index is -1.00. The molecule has 1 fully saturated rings. The molecule has 1 aliphatic carbocycles. The van der Waals surface area contributed by atoms with Gasteiger partial charge in [-0.05, 0) is 18.9 Å². The molecule has 1 saturated carbocycles. The number of anilines is 1. The summed E-state index contributed by atoms with van der Waals surface area (Å²) in [6.07, 6.45) is 5.92. The lowest BCUT2D eigenvalue weighted by molar-refractivity contribution is -0.131. The average molecular weight is 238 g/mol. The third-order valence-electron chi connectivity index (χ3n) is 2.09. The molecule has 1 heterocycles. The average Bonchev–Trinajstić information content (AvgIpc) is 2.98. The monoisotopic (exact) mass is 238 g/mol. The second kappa shape index (κ2) is 4.44. The number of aliphatic carboxylic acids is 1. The van der Waals surface area contributed by atoms with Gasteiger partial charge in [0.25, 0.3) is 0 Å². The third kappa shape index (κ3) is 2.90. The first-order valence-corrected chi connectivity index (χ1v) is 5.64. The summed E-state index contributed by atoms with van der Waals surface area (Å²) < 4.78 is 0. The first-order chi connectivity index (χ1) is 7.65. The molecule has 6 heteroatoms. The van der Waals surface area contributed by atoms with E-state index in [-0.39, 0.29) is 11.8 Å². The van der Waals surface area contributed by atoms with Gasteiger partial charge in [0.05, 0.1) is 0 Å². The Kier molecular flexibility index (Phi) is 3.00. The van der Waals surface area contributed by atoms with Crippen LogP contribution in [0.2, 0.25) is 0 Å². The molecule has 84 valence electrons. The Morgan fingerprint density at radius 1 is 1.56 bits per heavy atom. The summed E-state index contributed by atoms with van der Waals surface area (Å²) in [5.41, 5.74) is 0. The molecule has 0 atom stereocenters. The highest BCUT2D eigenvalue weighted by Crippen LogP contribution is 2.30. The molecule has 2 N–H and O–H groups in total. The molecule has 0 bridgehead atoms. The standard InChI is InChI=1S/C10H10N2O3S/c13-8(14)4-3-7-5-11-10(16-7)12-9(15)6-1-2-6/h3-6H,1-2H2,(H,13,14)(H,11,12,15). The summed E-state index contributed by atoms with van der Waals surface area (Å²) in [7, 11) is 0. The Balaban J connectivity index is 1.96. The smallest absolute Gasteiger partial charge is 0.328 e. The van der Waals surface area contributed by atoms with Gasteiger partial charge in [0.2, 0.25) is 5.91 Å². The summed E-state index contributed by atoms with van der Waals surface area (Å²) in [6.45, 7) is 0. The van der Waals surface area contributed by atoms with Crippen LogP contribution in [0.5, 0.6) is 0 Å². The van der Waals surface area contributed by atoms with Crippen LogP contribution < -0.4 is 5.32 Å². The van der Waals surface area contributed by atoms with E-state index in [2.05, 4.69) is 10.3 Å². The number of carboxylic acids is 1. The van der Waals surface area contributed by atoms with E-state index in [0.717, 1.165) is 18.9 Å². The van der Waals surface area contributed by atoms with Gasteiger partial charge < -0.3 is 10.4 Å². The van der Waals surface area contributed by atoms with E-state index in [1.54, 1.807) is 0 Å². The molecule has 1 amide bonds. The molecular weight excluding hydrogens is 228 g/mol. The minimum Gasteiger partial charge on any atom is -0.478 e. The fraction of sp³-hybridized carbons (Fsp3) is 0.300. The molecule has 16 heavy (non-hydrogen) atoms. The molecular formula is C10H10N2O3S. The molecule has 1 aromatic heterocycles. The Bertz CT molecular complexity index is 449. The highest BCUT2D eigenvalue weighted by molar-refractivity contribution is 7.16. The SMILES string of the molecule is O=C(O)C=Cc1cnc(NC(=O)C2CC2)s1. The van der Waals surface area contributed by atoms with E-state index in [4.69, 9.17) is 5.11 Å². The van der Waals surface area contributed by atoms with Gasteiger partial charge in [-0.2, -0.15) is 0 Å². The van der Waals surface area contributed by atoms with Gasteiger partial charge in [0.1, 0.15) is 0 Å². The van der Waals surface area contributed by atoms with E-state index in [9.17, 15) is 9.59 Å². The van der Waals surface area contributed by atoms with Crippen molar-refractivity contribution in [2.45, 2.75) is 12.8 Å². The number of aromatic nitrogens is 1. The second-order valence-corrected chi connectivity index (χ2v) is 4.57. The topological polar surface area (TPSA) is 79.3 Å². The molecule has 0 aliphatic heterocycles.